The minimum absolute atomic E-state index is 0.0613. The lowest BCUT2D eigenvalue weighted by molar-refractivity contribution is 0.0976. The Morgan fingerprint density at radius 3 is 2.21 bits per heavy atom. The van der Waals surface area contributed by atoms with Crippen molar-refractivity contribution in [2.45, 2.75) is 19.4 Å². The number of halogens is 1. The van der Waals surface area contributed by atoms with Crippen LogP contribution in [0.25, 0.3) is 0 Å². The van der Waals surface area contributed by atoms with E-state index in [9.17, 15) is 4.79 Å². The van der Waals surface area contributed by atoms with Crippen molar-refractivity contribution in [3.8, 4) is 11.5 Å². The Morgan fingerprint density at radius 1 is 0.931 bits per heavy atom. The number of Topliss-reactive ketones (excluding diaryl/α,β-unsaturated/α-hetero) is 1. The molecule has 3 rings (SSSR count). The molecule has 0 spiro atoms. The summed E-state index contributed by atoms with van der Waals surface area (Å²) >= 11 is 6.00. The van der Waals surface area contributed by atoms with Gasteiger partial charge in [0.05, 0.1) is 20.3 Å². The highest BCUT2D eigenvalue weighted by Crippen LogP contribution is 2.33. The first-order valence-corrected chi connectivity index (χ1v) is 9.72. The first-order chi connectivity index (χ1) is 14.0. The molecule has 0 aliphatic rings. The average molecular weight is 410 g/mol. The number of ether oxygens (including phenoxy) is 2. The molecule has 0 unspecified atom stereocenters. The highest BCUT2D eigenvalue weighted by atomic mass is 35.5. The number of rotatable bonds is 8. The number of hydrogen-bond acceptors (Lipinski definition) is 4. The molecule has 150 valence electrons. The van der Waals surface area contributed by atoms with Gasteiger partial charge in [0.1, 0.15) is 0 Å². The first kappa shape index (κ1) is 20.7. The van der Waals surface area contributed by atoms with Gasteiger partial charge in [0, 0.05) is 22.7 Å². The van der Waals surface area contributed by atoms with E-state index < -0.39 is 0 Å². The average Bonchev–Trinajstić information content (AvgIpc) is 2.74. The van der Waals surface area contributed by atoms with Crippen molar-refractivity contribution in [3.05, 3.63) is 88.4 Å². The minimum atomic E-state index is -0.246. The van der Waals surface area contributed by atoms with Crippen LogP contribution in [0.15, 0.2) is 66.7 Å². The van der Waals surface area contributed by atoms with Crippen molar-refractivity contribution in [2.75, 3.05) is 19.5 Å². The molecule has 29 heavy (non-hydrogen) atoms. The van der Waals surface area contributed by atoms with Crippen molar-refractivity contribution in [3.63, 3.8) is 0 Å². The molecule has 0 amide bonds. The molecule has 4 nitrogen and oxygen atoms in total. The standard InChI is InChI=1S/C24H24ClNO3/c1-16-4-6-17(7-5-16)22(27)15-21(26-20-11-9-19(25)10-12-20)18-8-13-23(28-2)24(14-18)29-3/h4-14,21,26H,15H2,1-3H3/t21-/m1/s1. The first-order valence-electron chi connectivity index (χ1n) is 9.34. The summed E-state index contributed by atoms with van der Waals surface area (Å²) in [5.74, 6) is 1.33. The van der Waals surface area contributed by atoms with Crippen LogP contribution >= 0.6 is 11.6 Å². The fourth-order valence-corrected chi connectivity index (χ4v) is 3.24. The maximum absolute atomic E-state index is 12.9. The molecule has 0 radical (unpaired) electrons. The summed E-state index contributed by atoms with van der Waals surface area (Å²) in [6.45, 7) is 2.00. The quantitative estimate of drug-likeness (QED) is 0.457. The van der Waals surface area contributed by atoms with Gasteiger partial charge in [0.25, 0.3) is 0 Å². The molecule has 0 aliphatic heterocycles. The zero-order valence-electron chi connectivity index (χ0n) is 16.7. The molecule has 3 aromatic rings. The Balaban J connectivity index is 1.91. The van der Waals surface area contributed by atoms with Gasteiger partial charge in [0.2, 0.25) is 0 Å². The lowest BCUT2D eigenvalue weighted by Crippen LogP contribution is -2.16. The Morgan fingerprint density at radius 2 is 1.59 bits per heavy atom. The van der Waals surface area contributed by atoms with Gasteiger partial charge in [-0.05, 0) is 48.9 Å². The van der Waals surface area contributed by atoms with E-state index in [1.54, 1.807) is 14.2 Å². The van der Waals surface area contributed by atoms with Crippen molar-refractivity contribution < 1.29 is 14.3 Å². The number of methoxy groups -OCH3 is 2. The van der Waals surface area contributed by atoms with Crippen LogP contribution in [0.5, 0.6) is 11.5 Å². The summed E-state index contributed by atoms with van der Waals surface area (Å²) < 4.78 is 10.8. The summed E-state index contributed by atoms with van der Waals surface area (Å²) in [5.41, 5.74) is 3.63. The monoisotopic (exact) mass is 409 g/mol. The van der Waals surface area contributed by atoms with E-state index in [2.05, 4.69) is 5.32 Å². The number of carbonyl (C=O) groups is 1. The number of hydrogen-bond donors (Lipinski definition) is 1. The normalized spacial score (nSPS) is 11.6. The molecule has 0 heterocycles. The Kier molecular flexibility index (Phi) is 6.78. The zero-order chi connectivity index (χ0) is 20.8. The summed E-state index contributed by atoms with van der Waals surface area (Å²) in [5, 5.41) is 4.11. The van der Waals surface area contributed by atoms with E-state index in [-0.39, 0.29) is 11.8 Å². The molecule has 0 saturated heterocycles. The lowest BCUT2D eigenvalue weighted by atomic mass is 9.96. The highest BCUT2D eigenvalue weighted by molar-refractivity contribution is 6.30. The SMILES string of the molecule is COc1ccc([C@@H](CC(=O)c2ccc(C)cc2)Nc2ccc(Cl)cc2)cc1OC. The van der Waals surface area contributed by atoms with Gasteiger partial charge >= 0.3 is 0 Å². The third-order valence-electron chi connectivity index (χ3n) is 4.76. The summed E-state index contributed by atoms with van der Waals surface area (Å²) in [6, 6.07) is 20.5. The van der Waals surface area contributed by atoms with E-state index in [1.807, 2.05) is 73.7 Å². The number of ketones is 1. The Bertz CT molecular complexity index is 968. The number of anilines is 1. The van der Waals surface area contributed by atoms with Gasteiger partial charge < -0.3 is 14.8 Å². The predicted molar refractivity (Wildman–Crippen MR) is 117 cm³/mol. The van der Waals surface area contributed by atoms with Gasteiger partial charge in [-0.25, -0.2) is 0 Å². The van der Waals surface area contributed by atoms with E-state index in [1.165, 1.54) is 0 Å². The smallest absolute Gasteiger partial charge is 0.165 e. The van der Waals surface area contributed by atoms with Crippen LogP contribution in [0, 0.1) is 6.92 Å². The maximum Gasteiger partial charge on any atom is 0.165 e. The third kappa shape index (κ3) is 5.30. The van der Waals surface area contributed by atoms with E-state index in [4.69, 9.17) is 21.1 Å². The molecular weight excluding hydrogens is 386 g/mol. The number of benzene rings is 3. The summed E-state index contributed by atoms with van der Waals surface area (Å²) in [7, 11) is 3.20. The Labute approximate surface area is 176 Å². The maximum atomic E-state index is 12.9. The number of nitrogens with one attached hydrogen (secondary N) is 1. The second-order valence-electron chi connectivity index (χ2n) is 6.81. The summed E-state index contributed by atoms with van der Waals surface area (Å²) in [4.78, 5) is 12.9. The van der Waals surface area contributed by atoms with Crippen LogP contribution < -0.4 is 14.8 Å². The molecule has 0 saturated carbocycles. The number of aryl methyl sites for hydroxylation is 1. The van der Waals surface area contributed by atoms with Crippen LogP contribution in [0.3, 0.4) is 0 Å². The molecular formula is C24H24ClNO3. The van der Waals surface area contributed by atoms with Gasteiger partial charge in [-0.1, -0.05) is 47.5 Å². The summed E-state index contributed by atoms with van der Waals surface area (Å²) in [6.07, 6.45) is 0.293. The van der Waals surface area contributed by atoms with Crippen LogP contribution in [-0.4, -0.2) is 20.0 Å². The third-order valence-corrected chi connectivity index (χ3v) is 5.01. The zero-order valence-corrected chi connectivity index (χ0v) is 17.5. The highest BCUT2D eigenvalue weighted by Gasteiger charge is 2.19. The second-order valence-corrected chi connectivity index (χ2v) is 7.25. The number of carbonyl (C=O) groups excluding carboxylic acids is 1. The minimum Gasteiger partial charge on any atom is -0.493 e. The fourth-order valence-electron chi connectivity index (χ4n) is 3.11. The van der Waals surface area contributed by atoms with E-state index >= 15 is 0 Å². The van der Waals surface area contributed by atoms with Crippen molar-refractivity contribution in [1.29, 1.82) is 0 Å². The molecule has 1 N–H and O–H groups in total. The van der Waals surface area contributed by atoms with Crippen molar-refractivity contribution in [2.24, 2.45) is 0 Å². The molecule has 1 atom stereocenters. The van der Waals surface area contributed by atoms with E-state index in [0.717, 1.165) is 16.8 Å². The molecule has 5 heteroatoms. The van der Waals surface area contributed by atoms with Crippen molar-refractivity contribution in [1.82, 2.24) is 0 Å². The van der Waals surface area contributed by atoms with E-state index in [0.29, 0.717) is 28.5 Å². The lowest BCUT2D eigenvalue weighted by Gasteiger charge is -2.21. The van der Waals surface area contributed by atoms with Gasteiger partial charge in [0.15, 0.2) is 17.3 Å². The predicted octanol–water partition coefficient (Wildman–Crippen LogP) is 6.09. The van der Waals surface area contributed by atoms with Gasteiger partial charge in [-0.2, -0.15) is 0 Å². The van der Waals surface area contributed by atoms with Crippen LogP contribution in [0.4, 0.5) is 5.69 Å². The van der Waals surface area contributed by atoms with Gasteiger partial charge in [-0.3, -0.25) is 4.79 Å². The van der Waals surface area contributed by atoms with Crippen LogP contribution in [-0.2, 0) is 0 Å². The second kappa shape index (κ2) is 9.48. The topological polar surface area (TPSA) is 47.6 Å². The van der Waals surface area contributed by atoms with Gasteiger partial charge in [-0.15, -0.1) is 0 Å². The molecule has 0 bridgehead atoms. The molecule has 3 aromatic carbocycles. The van der Waals surface area contributed by atoms with Crippen LogP contribution in [0.1, 0.15) is 33.9 Å². The largest absolute Gasteiger partial charge is 0.493 e. The molecule has 0 aliphatic carbocycles. The van der Waals surface area contributed by atoms with Crippen molar-refractivity contribution >= 4 is 23.1 Å². The Hall–Kier alpha value is -2.98. The van der Waals surface area contributed by atoms with Crippen LogP contribution in [0.2, 0.25) is 5.02 Å². The molecule has 0 fully saturated rings. The molecule has 0 aromatic heterocycles. The fraction of sp³-hybridized carbons (Fsp3) is 0.208.